The van der Waals surface area contributed by atoms with Crippen molar-refractivity contribution >= 4 is 0 Å². The van der Waals surface area contributed by atoms with Crippen molar-refractivity contribution in [3.63, 3.8) is 0 Å². The minimum atomic E-state index is -2.77. The van der Waals surface area contributed by atoms with Gasteiger partial charge in [-0.1, -0.05) is 6.07 Å². The van der Waals surface area contributed by atoms with Crippen LogP contribution < -0.4 is 5.73 Å². The van der Waals surface area contributed by atoms with E-state index in [9.17, 15) is 13.2 Å². The molecule has 0 aliphatic rings. The molecule has 1 atom stereocenters. The van der Waals surface area contributed by atoms with Gasteiger partial charge in [0.1, 0.15) is 0 Å². The van der Waals surface area contributed by atoms with E-state index in [1.165, 1.54) is 18.3 Å². The summed E-state index contributed by atoms with van der Waals surface area (Å²) in [5, 5.41) is 0. The first-order chi connectivity index (χ1) is 5.63. The molecule has 0 aliphatic heterocycles. The zero-order chi connectivity index (χ0) is 9.14. The Morgan fingerprint density at radius 3 is 2.58 bits per heavy atom. The number of nitrogens with zero attached hydrogens (tertiary/aromatic N) is 1. The molecule has 0 aliphatic carbocycles. The molecule has 0 saturated heterocycles. The maximum atomic E-state index is 12.7. The van der Waals surface area contributed by atoms with Crippen LogP contribution in [0.5, 0.6) is 0 Å². The van der Waals surface area contributed by atoms with Crippen LogP contribution in [-0.2, 0) is 0 Å². The Labute approximate surface area is 67.2 Å². The van der Waals surface area contributed by atoms with Crippen molar-refractivity contribution in [3.8, 4) is 0 Å². The van der Waals surface area contributed by atoms with Crippen LogP contribution in [0.4, 0.5) is 13.2 Å². The minimum Gasteiger partial charge on any atom is -0.319 e. The lowest BCUT2D eigenvalue weighted by atomic mass is 10.1. The molecule has 0 aromatic carbocycles. The summed E-state index contributed by atoms with van der Waals surface area (Å²) >= 11 is 0. The summed E-state index contributed by atoms with van der Waals surface area (Å²) in [5.41, 5.74) is 4.75. The van der Waals surface area contributed by atoms with Crippen molar-refractivity contribution in [1.82, 2.24) is 4.98 Å². The molecule has 0 radical (unpaired) electrons. The summed E-state index contributed by atoms with van der Waals surface area (Å²) in [7, 11) is 0. The quantitative estimate of drug-likeness (QED) is 0.693. The molecule has 0 spiro atoms. The van der Waals surface area contributed by atoms with Crippen LogP contribution in [0.15, 0.2) is 18.3 Å². The number of aromatic nitrogens is 1. The van der Waals surface area contributed by atoms with Crippen molar-refractivity contribution in [2.45, 2.75) is 12.5 Å². The number of alkyl halides is 2. The summed E-state index contributed by atoms with van der Waals surface area (Å²) in [6.07, 6.45) is -1.60. The first-order valence-corrected chi connectivity index (χ1v) is 3.27. The Hall–Kier alpha value is -1.10. The van der Waals surface area contributed by atoms with Gasteiger partial charge in [-0.3, -0.25) is 0 Å². The average molecular weight is 176 g/mol. The van der Waals surface area contributed by atoms with E-state index in [0.29, 0.717) is 0 Å². The highest BCUT2D eigenvalue weighted by atomic mass is 19.3. The molecule has 1 aromatic rings. The average Bonchev–Trinajstić information content (AvgIpc) is 2.04. The first-order valence-electron chi connectivity index (χ1n) is 3.27. The number of rotatable bonds is 2. The Morgan fingerprint density at radius 2 is 2.08 bits per heavy atom. The van der Waals surface area contributed by atoms with Gasteiger partial charge in [0, 0.05) is 11.8 Å². The molecule has 1 aromatic heterocycles. The van der Waals surface area contributed by atoms with E-state index in [-0.39, 0.29) is 5.56 Å². The topological polar surface area (TPSA) is 38.9 Å². The number of halogens is 3. The fourth-order valence-corrected chi connectivity index (χ4v) is 0.783. The van der Waals surface area contributed by atoms with Gasteiger partial charge in [-0.15, -0.1) is 0 Å². The lowest BCUT2D eigenvalue weighted by molar-refractivity contribution is 0.114. The van der Waals surface area contributed by atoms with Gasteiger partial charge >= 0.3 is 0 Å². The van der Waals surface area contributed by atoms with Gasteiger partial charge in [0.25, 0.3) is 6.43 Å². The van der Waals surface area contributed by atoms with Crippen molar-refractivity contribution in [3.05, 3.63) is 29.8 Å². The van der Waals surface area contributed by atoms with Crippen molar-refractivity contribution in [2.24, 2.45) is 5.73 Å². The van der Waals surface area contributed by atoms with E-state index in [4.69, 9.17) is 5.73 Å². The number of nitrogens with two attached hydrogens (primary N) is 1. The van der Waals surface area contributed by atoms with Gasteiger partial charge in [-0.05, 0) is 6.07 Å². The van der Waals surface area contributed by atoms with E-state index >= 15 is 0 Å². The van der Waals surface area contributed by atoms with Gasteiger partial charge in [0.2, 0.25) is 5.95 Å². The van der Waals surface area contributed by atoms with Crippen LogP contribution in [0.3, 0.4) is 0 Å². The van der Waals surface area contributed by atoms with E-state index < -0.39 is 18.4 Å². The van der Waals surface area contributed by atoms with Crippen molar-refractivity contribution in [2.75, 3.05) is 0 Å². The van der Waals surface area contributed by atoms with Crippen LogP contribution >= 0.6 is 0 Å². The monoisotopic (exact) mass is 176 g/mol. The number of pyridine rings is 1. The molecule has 1 heterocycles. The molecular weight excluding hydrogens is 169 g/mol. The Kier molecular flexibility index (Phi) is 2.65. The number of hydrogen-bond donors (Lipinski definition) is 1. The number of hydrogen-bond acceptors (Lipinski definition) is 2. The second-order valence-electron chi connectivity index (χ2n) is 2.24. The normalized spacial score (nSPS) is 13.4. The summed E-state index contributed by atoms with van der Waals surface area (Å²) in [6, 6.07) is 0.957. The predicted molar refractivity (Wildman–Crippen MR) is 37.1 cm³/mol. The molecule has 1 rings (SSSR count). The largest absolute Gasteiger partial charge is 0.319 e. The summed E-state index contributed by atoms with van der Waals surface area (Å²) in [6.45, 7) is 0. The molecule has 2 N–H and O–H groups in total. The highest BCUT2D eigenvalue weighted by Gasteiger charge is 2.20. The zero-order valence-corrected chi connectivity index (χ0v) is 6.05. The predicted octanol–water partition coefficient (Wildman–Crippen LogP) is 1.49. The lowest BCUT2D eigenvalue weighted by Gasteiger charge is -2.09. The molecule has 0 saturated carbocycles. The summed E-state index contributed by atoms with van der Waals surface area (Å²) < 4.78 is 36.6. The minimum absolute atomic E-state index is 0.257. The third-order valence-electron chi connectivity index (χ3n) is 1.42. The van der Waals surface area contributed by atoms with Gasteiger partial charge in [0.15, 0.2) is 0 Å². The molecule has 0 amide bonds. The van der Waals surface area contributed by atoms with E-state index in [1.807, 2.05) is 0 Å². The van der Waals surface area contributed by atoms with E-state index in [1.54, 1.807) is 0 Å². The molecule has 2 nitrogen and oxygen atoms in total. The summed E-state index contributed by atoms with van der Waals surface area (Å²) in [4.78, 5) is 3.20. The first kappa shape index (κ1) is 8.99. The lowest BCUT2D eigenvalue weighted by Crippen LogP contribution is -2.20. The highest BCUT2D eigenvalue weighted by molar-refractivity contribution is 5.15. The van der Waals surface area contributed by atoms with Gasteiger partial charge in [-0.25, -0.2) is 13.8 Å². The summed E-state index contributed by atoms with van der Waals surface area (Å²) in [5.74, 6) is -0.940. The maximum absolute atomic E-state index is 12.7. The third kappa shape index (κ3) is 1.73. The Bertz CT molecular complexity index is 265. The maximum Gasteiger partial charge on any atom is 0.257 e. The third-order valence-corrected chi connectivity index (χ3v) is 1.42. The van der Waals surface area contributed by atoms with Gasteiger partial charge in [-0.2, -0.15) is 4.39 Å². The molecule has 66 valence electrons. The molecular formula is C7H7F3N2. The molecule has 5 heteroatoms. The second kappa shape index (κ2) is 3.53. The van der Waals surface area contributed by atoms with Crippen molar-refractivity contribution in [1.29, 1.82) is 0 Å². The van der Waals surface area contributed by atoms with Crippen LogP contribution in [0.1, 0.15) is 11.6 Å². The van der Waals surface area contributed by atoms with E-state index in [2.05, 4.69) is 4.98 Å². The second-order valence-corrected chi connectivity index (χ2v) is 2.24. The Balaban J connectivity index is 2.94. The molecule has 12 heavy (non-hydrogen) atoms. The molecule has 0 fully saturated rings. The van der Waals surface area contributed by atoms with Crippen LogP contribution in [0.25, 0.3) is 0 Å². The fraction of sp³-hybridized carbons (Fsp3) is 0.286. The van der Waals surface area contributed by atoms with Crippen LogP contribution in [0.2, 0.25) is 0 Å². The van der Waals surface area contributed by atoms with Gasteiger partial charge < -0.3 is 5.73 Å². The smallest absolute Gasteiger partial charge is 0.257 e. The van der Waals surface area contributed by atoms with Crippen LogP contribution in [-0.4, -0.2) is 11.4 Å². The van der Waals surface area contributed by atoms with Crippen LogP contribution in [0, 0.1) is 5.95 Å². The highest BCUT2D eigenvalue weighted by Crippen LogP contribution is 2.18. The SMILES string of the molecule is N[C@H](c1cccnc1F)C(F)F. The zero-order valence-electron chi connectivity index (χ0n) is 6.05. The standard InChI is InChI=1S/C7H7F3N2/c8-6(9)5(11)4-2-1-3-12-7(4)10/h1-3,5-6H,11H2/t5-/m1/s1. The van der Waals surface area contributed by atoms with E-state index in [0.717, 1.165) is 0 Å². The molecule has 0 unspecified atom stereocenters. The Morgan fingerprint density at radius 1 is 1.42 bits per heavy atom. The van der Waals surface area contributed by atoms with Gasteiger partial charge in [0.05, 0.1) is 6.04 Å². The molecule has 0 bridgehead atoms. The fourth-order valence-electron chi connectivity index (χ4n) is 0.783. The van der Waals surface area contributed by atoms with Crippen molar-refractivity contribution < 1.29 is 13.2 Å².